The van der Waals surface area contributed by atoms with Crippen LogP contribution in [0.25, 0.3) is 0 Å². The smallest absolute Gasteiger partial charge is 0.225 e. The van der Waals surface area contributed by atoms with Gasteiger partial charge in [0.2, 0.25) is 5.91 Å². The number of H-pyrrole nitrogens is 1. The van der Waals surface area contributed by atoms with Crippen molar-refractivity contribution in [1.29, 1.82) is 0 Å². The Labute approximate surface area is 102 Å². The summed E-state index contributed by atoms with van der Waals surface area (Å²) in [6.45, 7) is 2.76. The standard InChI is InChI=1S/C13H21N3O/c1-13(6-3-2-4-7-13)12(17)16-8-5-11-14-9-10-15-11/h9-10H,2-8H2,1H3,(H,14,15)(H,16,17). The van der Waals surface area contributed by atoms with E-state index in [0.717, 1.165) is 25.1 Å². The van der Waals surface area contributed by atoms with Crippen LogP contribution in [0.2, 0.25) is 0 Å². The van der Waals surface area contributed by atoms with Crippen LogP contribution in [0.3, 0.4) is 0 Å². The van der Waals surface area contributed by atoms with Crippen molar-refractivity contribution < 1.29 is 4.79 Å². The average molecular weight is 235 g/mol. The van der Waals surface area contributed by atoms with Gasteiger partial charge in [-0.05, 0) is 12.8 Å². The fourth-order valence-corrected chi connectivity index (χ4v) is 2.50. The van der Waals surface area contributed by atoms with Crippen molar-refractivity contribution in [2.45, 2.75) is 45.4 Å². The van der Waals surface area contributed by atoms with Crippen LogP contribution in [0.4, 0.5) is 0 Å². The van der Waals surface area contributed by atoms with E-state index in [0.29, 0.717) is 6.54 Å². The van der Waals surface area contributed by atoms with E-state index >= 15 is 0 Å². The van der Waals surface area contributed by atoms with E-state index in [1.807, 2.05) is 0 Å². The van der Waals surface area contributed by atoms with Crippen molar-refractivity contribution in [3.63, 3.8) is 0 Å². The van der Waals surface area contributed by atoms with E-state index in [2.05, 4.69) is 22.2 Å². The van der Waals surface area contributed by atoms with Crippen LogP contribution in [-0.4, -0.2) is 22.4 Å². The Kier molecular flexibility index (Phi) is 3.82. The molecule has 1 saturated carbocycles. The molecule has 1 heterocycles. The van der Waals surface area contributed by atoms with E-state index < -0.39 is 0 Å². The second-order valence-electron chi connectivity index (χ2n) is 5.16. The van der Waals surface area contributed by atoms with Crippen molar-refractivity contribution in [3.8, 4) is 0 Å². The van der Waals surface area contributed by atoms with E-state index in [1.54, 1.807) is 12.4 Å². The Bertz CT molecular complexity index is 353. The monoisotopic (exact) mass is 235 g/mol. The number of carbonyl (C=O) groups excluding carboxylic acids is 1. The van der Waals surface area contributed by atoms with Crippen molar-refractivity contribution in [2.75, 3.05) is 6.54 Å². The molecule has 2 rings (SSSR count). The maximum atomic E-state index is 12.1. The molecule has 94 valence electrons. The maximum absolute atomic E-state index is 12.1. The van der Waals surface area contributed by atoms with Crippen LogP contribution in [0, 0.1) is 5.41 Å². The minimum absolute atomic E-state index is 0.137. The van der Waals surface area contributed by atoms with Gasteiger partial charge in [0.05, 0.1) is 0 Å². The third-order valence-corrected chi connectivity index (χ3v) is 3.71. The van der Waals surface area contributed by atoms with Crippen molar-refractivity contribution in [1.82, 2.24) is 15.3 Å². The fourth-order valence-electron chi connectivity index (χ4n) is 2.50. The fraction of sp³-hybridized carbons (Fsp3) is 0.692. The zero-order valence-corrected chi connectivity index (χ0v) is 10.5. The van der Waals surface area contributed by atoms with Crippen molar-refractivity contribution in [2.24, 2.45) is 5.41 Å². The number of hydrogen-bond acceptors (Lipinski definition) is 2. The van der Waals surface area contributed by atoms with Gasteiger partial charge in [0.1, 0.15) is 5.82 Å². The molecule has 1 aromatic rings. The first-order valence-electron chi connectivity index (χ1n) is 6.47. The molecule has 4 heteroatoms. The van der Waals surface area contributed by atoms with Crippen LogP contribution in [0.5, 0.6) is 0 Å². The Morgan fingerprint density at radius 2 is 2.24 bits per heavy atom. The average Bonchev–Trinajstić information content (AvgIpc) is 2.83. The molecule has 1 aliphatic rings. The third kappa shape index (κ3) is 3.08. The molecular formula is C13H21N3O. The van der Waals surface area contributed by atoms with Gasteiger partial charge < -0.3 is 10.3 Å². The molecule has 0 bridgehead atoms. The summed E-state index contributed by atoms with van der Waals surface area (Å²) in [5.41, 5.74) is -0.137. The van der Waals surface area contributed by atoms with Gasteiger partial charge in [0.15, 0.2) is 0 Å². The number of aromatic amines is 1. The van der Waals surface area contributed by atoms with Crippen LogP contribution < -0.4 is 5.32 Å². The number of nitrogens with zero attached hydrogens (tertiary/aromatic N) is 1. The number of carbonyl (C=O) groups is 1. The molecule has 0 saturated heterocycles. The summed E-state index contributed by atoms with van der Waals surface area (Å²) < 4.78 is 0. The second kappa shape index (κ2) is 5.34. The van der Waals surface area contributed by atoms with Crippen molar-refractivity contribution in [3.05, 3.63) is 18.2 Å². The van der Waals surface area contributed by atoms with Crippen LogP contribution >= 0.6 is 0 Å². The first-order chi connectivity index (χ1) is 8.21. The topological polar surface area (TPSA) is 57.8 Å². The van der Waals surface area contributed by atoms with Gasteiger partial charge in [-0.2, -0.15) is 0 Å². The Balaban J connectivity index is 1.76. The summed E-state index contributed by atoms with van der Waals surface area (Å²) in [4.78, 5) is 19.3. The molecular weight excluding hydrogens is 214 g/mol. The molecule has 1 fully saturated rings. The number of rotatable bonds is 4. The quantitative estimate of drug-likeness (QED) is 0.839. The molecule has 0 unspecified atom stereocenters. The normalized spacial score (nSPS) is 18.9. The number of amides is 1. The van der Waals surface area contributed by atoms with Crippen LogP contribution in [0.15, 0.2) is 12.4 Å². The predicted molar refractivity (Wildman–Crippen MR) is 66.5 cm³/mol. The Hall–Kier alpha value is -1.32. The van der Waals surface area contributed by atoms with Gasteiger partial charge in [-0.25, -0.2) is 4.98 Å². The first-order valence-corrected chi connectivity index (χ1v) is 6.47. The predicted octanol–water partition coefficient (Wildman–Crippen LogP) is 2.04. The highest BCUT2D eigenvalue weighted by atomic mass is 16.2. The third-order valence-electron chi connectivity index (χ3n) is 3.71. The molecule has 0 aliphatic heterocycles. The molecule has 1 amide bonds. The Morgan fingerprint density at radius 3 is 2.88 bits per heavy atom. The van der Waals surface area contributed by atoms with E-state index in [-0.39, 0.29) is 11.3 Å². The summed E-state index contributed by atoms with van der Waals surface area (Å²) in [6.07, 6.45) is 10.0. The molecule has 0 radical (unpaired) electrons. The van der Waals surface area contributed by atoms with Gasteiger partial charge in [0, 0.05) is 30.8 Å². The number of imidazole rings is 1. The lowest BCUT2D eigenvalue weighted by atomic mass is 9.75. The molecule has 4 nitrogen and oxygen atoms in total. The largest absolute Gasteiger partial charge is 0.355 e. The van der Waals surface area contributed by atoms with Gasteiger partial charge in [-0.15, -0.1) is 0 Å². The maximum Gasteiger partial charge on any atom is 0.225 e. The lowest BCUT2D eigenvalue weighted by molar-refractivity contribution is -0.131. The first kappa shape index (κ1) is 12.1. The summed E-state index contributed by atoms with van der Waals surface area (Å²) >= 11 is 0. The SMILES string of the molecule is CC1(C(=O)NCCc2ncc[nH]2)CCCCC1. The van der Waals surface area contributed by atoms with E-state index in [4.69, 9.17) is 0 Å². The molecule has 1 aliphatic carbocycles. The molecule has 1 aromatic heterocycles. The zero-order chi connectivity index (χ0) is 12.1. The summed E-state index contributed by atoms with van der Waals surface area (Å²) in [6, 6.07) is 0. The highest BCUT2D eigenvalue weighted by Crippen LogP contribution is 2.35. The minimum Gasteiger partial charge on any atom is -0.355 e. The molecule has 17 heavy (non-hydrogen) atoms. The van der Waals surface area contributed by atoms with E-state index in [9.17, 15) is 4.79 Å². The van der Waals surface area contributed by atoms with Gasteiger partial charge in [-0.1, -0.05) is 26.2 Å². The lowest BCUT2D eigenvalue weighted by Gasteiger charge is -2.31. The highest BCUT2D eigenvalue weighted by molar-refractivity contribution is 5.82. The van der Waals surface area contributed by atoms with Crippen molar-refractivity contribution >= 4 is 5.91 Å². The highest BCUT2D eigenvalue weighted by Gasteiger charge is 2.33. The molecule has 2 N–H and O–H groups in total. The van der Waals surface area contributed by atoms with Crippen LogP contribution in [0.1, 0.15) is 44.9 Å². The number of hydrogen-bond donors (Lipinski definition) is 2. The molecule has 0 atom stereocenters. The summed E-state index contributed by atoms with van der Waals surface area (Å²) in [5, 5.41) is 3.03. The Morgan fingerprint density at radius 1 is 1.47 bits per heavy atom. The second-order valence-corrected chi connectivity index (χ2v) is 5.16. The zero-order valence-electron chi connectivity index (χ0n) is 10.5. The minimum atomic E-state index is -0.137. The lowest BCUT2D eigenvalue weighted by Crippen LogP contribution is -2.41. The van der Waals surface area contributed by atoms with Gasteiger partial charge in [0.25, 0.3) is 0 Å². The summed E-state index contributed by atoms with van der Waals surface area (Å²) in [7, 11) is 0. The molecule has 0 spiro atoms. The van der Waals surface area contributed by atoms with E-state index in [1.165, 1.54) is 19.3 Å². The molecule has 0 aromatic carbocycles. The van der Waals surface area contributed by atoms with Gasteiger partial charge in [-0.3, -0.25) is 4.79 Å². The van der Waals surface area contributed by atoms with Gasteiger partial charge >= 0.3 is 0 Å². The number of aromatic nitrogens is 2. The summed E-state index contributed by atoms with van der Waals surface area (Å²) in [5.74, 6) is 1.14. The number of nitrogens with one attached hydrogen (secondary N) is 2. The van der Waals surface area contributed by atoms with Crippen LogP contribution in [-0.2, 0) is 11.2 Å².